The van der Waals surface area contributed by atoms with E-state index in [4.69, 9.17) is 22.4 Å². The van der Waals surface area contributed by atoms with Crippen LogP contribution in [-0.2, 0) is 9.59 Å². The van der Waals surface area contributed by atoms with Crippen LogP contribution in [0.1, 0.15) is 0 Å². The highest BCUT2D eigenvalue weighted by atomic mass is 35.5. The summed E-state index contributed by atoms with van der Waals surface area (Å²) in [5.41, 5.74) is 6.24. The number of carboxylic acids is 1. The Balaban J connectivity index is 2.36. The molecule has 0 bridgehead atoms. The lowest BCUT2D eigenvalue weighted by Gasteiger charge is -2.47. The predicted molar refractivity (Wildman–Crippen MR) is 65.6 cm³/mol. The number of allylic oxidation sites excluding steroid dienone is 2. The minimum atomic E-state index is -1.11. The van der Waals surface area contributed by atoms with Gasteiger partial charge in [-0.25, -0.2) is 4.79 Å². The van der Waals surface area contributed by atoms with Crippen LogP contribution in [0.2, 0.25) is 0 Å². The zero-order chi connectivity index (χ0) is 12.6. The third-order valence-electron chi connectivity index (χ3n) is 2.65. The van der Waals surface area contributed by atoms with Crippen molar-refractivity contribution in [3.63, 3.8) is 0 Å². The van der Waals surface area contributed by atoms with Crippen molar-refractivity contribution < 1.29 is 14.7 Å². The number of halogens is 1. The summed E-state index contributed by atoms with van der Waals surface area (Å²) in [6, 6.07) is -0.590. The van der Waals surface area contributed by atoms with Crippen molar-refractivity contribution in [2.24, 2.45) is 5.73 Å². The standard InChI is InChI=1S/C10H11ClN2O3S/c11-3-1-2-5-4-17-9-6(12)8(14)13(9)7(5)10(15)16/h1-2,6,9H,3-4,12H2,(H,15,16)/t6-,9?/m1/s1. The number of carbonyl (C=O) groups is 2. The summed E-state index contributed by atoms with van der Waals surface area (Å²) >= 11 is 6.98. The van der Waals surface area contributed by atoms with Crippen LogP contribution in [0, 0.1) is 0 Å². The van der Waals surface area contributed by atoms with E-state index in [1.54, 1.807) is 12.2 Å². The summed E-state index contributed by atoms with van der Waals surface area (Å²) < 4.78 is 0. The van der Waals surface area contributed by atoms with Crippen LogP contribution < -0.4 is 5.73 Å². The molecule has 0 radical (unpaired) electrons. The Kier molecular flexibility index (Phi) is 3.46. The molecule has 0 spiro atoms. The normalized spacial score (nSPS) is 28.4. The molecule has 0 aromatic carbocycles. The minimum absolute atomic E-state index is 0.0295. The average molecular weight is 275 g/mol. The number of hydrogen-bond acceptors (Lipinski definition) is 4. The maximum Gasteiger partial charge on any atom is 0.352 e. The highest BCUT2D eigenvalue weighted by Gasteiger charge is 2.51. The van der Waals surface area contributed by atoms with Crippen LogP contribution in [0.25, 0.3) is 0 Å². The highest BCUT2D eigenvalue weighted by molar-refractivity contribution is 8.00. The van der Waals surface area contributed by atoms with Gasteiger partial charge < -0.3 is 10.8 Å². The molecule has 2 rings (SSSR count). The number of β-lactam (4-membered cyclic amide) rings is 1. The molecular weight excluding hydrogens is 264 g/mol. The van der Waals surface area contributed by atoms with Crippen molar-refractivity contribution >= 4 is 35.2 Å². The monoisotopic (exact) mass is 274 g/mol. The number of hydrogen-bond donors (Lipinski definition) is 2. The van der Waals surface area contributed by atoms with Gasteiger partial charge >= 0.3 is 5.97 Å². The van der Waals surface area contributed by atoms with Gasteiger partial charge in [0.25, 0.3) is 0 Å². The van der Waals surface area contributed by atoms with Gasteiger partial charge in [-0.05, 0) is 5.57 Å². The van der Waals surface area contributed by atoms with E-state index >= 15 is 0 Å². The molecule has 1 amide bonds. The lowest BCUT2D eigenvalue weighted by Crippen LogP contribution is -2.68. The topological polar surface area (TPSA) is 83.6 Å². The fraction of sp³-hybridized carbons (Fsp3) is 0.400. The second-order valence-corrected chi connectivity index (χ2v) is 5.08. The summed E-state index contributed by atoms with van der Waals surface area (Å²) in [5.74, 6) is -0.615. The van der Waals surface area contributed by atoms with E-state index in [0.717, 1.165) is 0 Å². The molecule has 2 heterocycles. The molecule has 2 aliphatic rings. The first-order valence-corrected chi connectivity index (χ1v) is 6.55. The van der Waals surface area contributed by atoms with Crippen LogP contribution in [0.15, 0.2) is 23.4 Å². The van der Waals surface area contributed by atoms with Crippen molar-refractivity contribution in [1.29, 1.82) is 0 Å². The van der Waals surface area contributed by atoms with Gasteiger partial charge in [-0.15, -0.1) is 23.4 Å². The average Bonchev–Trinajstić information content (AvgIpc) is 2.33. The summed E-state index contributed by atoms with van der Waals surface area (Å²) in [6.45, 7) is 0. The highest BCUT2D eigenvalue weighted by Crippen LogP contribution is 2.39. The Morgan fingerprint density at radius 2 is 2.41 bits per heavy atom. The first-order valence-electron chi connectivity index (χ1n) is 4.97. The van der Waals surface area contributed by atoms with Crippen LogP contribution in [-0.4, -0.2) is 44.9 Å². The third-order valence-corrected chi connectivity index (χ3v) is 4.15. The quantitative estimate of drug-likeness (QED) is 0.574. The fourth-order valence-electron chi connectivity index (χ4n) is 1.85. The van der Waals surface area contributed by atoms with Crippen LogP contribution in [0.3, 0.4) is 0 Å². The van der Waals surface area contributed by atoms with Crippen molar-refractivity contribution in [3.05, 3.63) is 23.4 Å². The van der Waals surface area contributed by atoms with E-state index in [2.05, 4.69) is 0 Å². The number of nitrogens with zero attached hydrogens (tertiary/aromatic N) is 1. The number of rotatable bonds is 3. The molecule has 2 aliphatic heterocycles. The maximum absolute atomic E-state index is 11.6. The van der Waals surface area contributed by atoms with Crippen LogP contribution >= 0.6 is 23.4 Å². The second-order valence-electron chi connectivity index (χ2n) is 3.67. The zero-order valence-corrected chi connectivity index (χ0v) is 10.4. The lowest BCUT2D eigenvalue weighted by atomic mass is 10.0. The largest absolute Gasteiger partial charge is 0.477 e. The molecule has 1 saturated heterocycles. The Morgan fingerprint density at radius 1 is 1.71 bits per heavy atom. The van der Waals surface area contributed by atoms with Crippen molar-refractivity contribution in [3.8, 4) is 0 Å². The smallest absolute Gasteiger partial charge is 0.352 e. The number of thioether (sulfide) groups is 1. The summed E-state index contributed by atoms with van der Waals surface area (Å²) in [7, 11) is 0. The summed E-state index contributed by atoms with van der Waals surface area (Å²) in [6.07, 6.45) is 3.31. The van der Waals surface area contributed by atoms with Gasteiger partial charge in [-0.1, -0.05) is 12.2 Å². The van der Waals surface area contributed by atoms with E-state index in [9.17, 15) is 9.59 Å². The van der Waals surface area contributed by atoms with Gasteiger partial charge in [0, 0.05) is 11.6 Å². The Morgan fingerprint density at radius 3 is 3.00 bits per heavy atom. The molecule has 0 saturated carbocycles. The van der Waals surface area contributed by atoms with Crippen molar-refractivity contribution in [2.45, 2.75) is 11.4 Å². The zero-order valence-electron chi connectivity index (χ0n) is 8.80. The Labute approximate surface area is 107 Å². The minimum Gasteiger partial charge on any atom is -0.477 e. The van der Waals surface area contributed by atoms with E-state index in [1.807, 2.05) is 0 Å². The number of amides is 1. The maximum atomic E-state index is 11.6. The summed E-state index contributed by atoms with van der Waals surface area (Å²) in [4.78, 5) is 24.0. The number of nitrogens with two attached hydrogens (primary N) is 1. The van der Waals surface area contributed by atoms with E-state index in [0.29, 0.717) is 17.2 Å². The molecule has 17 heavy (non-hydrogen) atoms. The summed E-state index contributed by atoms with van der Waals surface area (Å²) in [5, 5.41) is 8.92. The number of carboxylic acid groups (broad SMARTS) is 1. The van der Waals surface area contributed by atoms with E-state index < -0.39 is 12.0 Å². The lowest BCUT2D eigenvalue weighted by molar-refractivity contribution is -0.147. The van der Waals surface area contributed by atoms with Gasteiger partial charge in [0.15, 0.2) is 0 Å². The second kappa shape index (κ2) is 4.72. The van der Waals surface area contributed by atoms with Crippen molar-refractivity contribution in [1.82, 2.24) is 4.90 Å². The number of aliphatic carboxylic acids is 1. The predicted octanol–water partition coefficient (Wildman–Crippen LogP) is 0.362. The molecule has 7 heteroatoms. The van der Waals surface area contributed by atoms with Crippen LogP contribution in [0.4, 0.5) is 0 Å². The van der Waals surface area contributed by atoms with E-state index in [1.165, 1.54) is 16.7 Å². The molecule has 2 atom stereocenters. The molecule has 0 aromatic rings. The molecule has 0 aliphatic carbocycles. The van der Waals surface area contributed by atoms with Gasteiger partial charge in [0.05, 0.1) is 0 Å². The van der Waals surface area contributed by atoms with Gasteiger partial charge in [-0.2, -0.15) is 0 Å². The molecule has 1 fully saturated rings. The third kappa shape index (κ3) is 1.96. The van der Waals surface area contributed by atoms with E-state index in [-0.39, 0.29) is 17.0 Å². The molecule has 5 nitrogen and oxygen atoms in total. The number of alkyl halides is 1. The fourth-order valence-corrected chi connectivity index (χ4v) is 3.21. The number of fused-ring (bicyclic) bond motifs is 1. The molecule has 0 aromatic heterocycles. The van der Waals surface area contributed by atoms with Crippen LogP contribution in [0.5, 0.6) is 0 Å². The van der Waals surface area contributed by atoms with Gasteiger partial charge in [-0.3, -0.25) is 9.69 Å². The molecule has 3 N–H and O–H groups in total. The molecular formula is C10H11ClN2O3S. The van der Waals surface area contributed by atoms with Crippen molar-refractivity contribution in [2.75, 3.05) is 11.6 Å². The van der Waals surface area contributed by atoms with Gasteiger partial charge in [0.1, 0.15) is 17.1 Å². The first-order chi connectivity index (χ1) is 8.07. The molecule has 92 valence electrons. The molecule has 1 unspecified atom stereocenters. The van der Waals surface area contributed by atoms with Gasteiger partial charge in [0.2, 0.25) is 5.91 Å². The SMILES string of the molecule is N[C@@H]1C(=O)N2C(C(=O)O)=C(C=CCCl)CSC12. The Hall–Kier alpha value is -0.980. The number of carbonyl (C=O) groups excluding carboxylic acids is 1. The Bertz CT molecular complexity index is 435. The first kappa shape index (κ1) is 12.5.